The molecule has 80 valence electrons. The van der Waals surface area contributed by atoms with E-state index in [2.05, 4.69) is 0 Å². The van der Waals surface area contributed by atoms with Gasteiger partial charge in [0.05, 0.1) is 15.9 Å². The Morgan fingerprint density at radius 2 is 2.20 bits per heavy atom. The van der Waals surface area contributed by atoms with Crippen LogP contribution in [0.2, 0.25) is 5.02 Å². The lowest BCUT2D eigenvalue weighted by Gasteiger charge is -2.04. The van der Waals surface area contributed by atoms with Crippen LogP contribution in [0.5, 0.6) is 0 Å². The molecular formula is C8H5ClNO4S-. The number of nitrogens with zero attached hydrogens (tertiary/aromatic N) is 1. The van der Waals surface area contributed by atoms with Crippen molar-refractivity contribution in [1.82, 2.24) is 0 Å². The number of hydrogen-bond acceptors (Lipinski definition) is 5. The van der Waals surface area contributed by atoms with E-state index in [-0.39, 0.29) is 16.5 Å². The first-order valence-electron chi connectivity index (χ1n) is 3.77. The van der Waals surface area contributed by atoms with Crippen LogP contribution in [0, 0.1) is 10.1 Å². The molecule has 0 aliphatic carbocycles. The maximum atomic E-state index is 10.4. The van der Waals surface area contributed by atoms with Crippen LogP contribution < -0.4 is 5.11 Å². The second kappa shape index (κ2) is 4.99. The molecule has 5 nitrogen and oxygen atoms in total. The Kier molecular flexibility index (Phi) is 3.93. The Morgan fingerprint density at radius 1 is 1.53 bits per heavy atom. The van der Waals surface area contributed by atoms with E-state index in [1.54, 1.807) is 0 Å². The number of thioether (sulfide) groups is 1. The van der Waals surface area contributed by atoms with E-state index in [1.807, 2.05) is 0 Å². The highest BCUT2D eigenvalue weighted by Gasteiger charge is 2.09. The first-order valence-corrected chi connectivity index (χ1v) is 5.13. The third-order valence-corrected chi connectivity index (χ3v) is 2.94. The first-order chi connectivity index (χ1) is 7.00. The summed E-state index contributed by atoms with van der Waals surface area (Å²) in [7, 11) is 0. The van der Waals surface area contributed by atoms with Gasteiger partial charge in [-0.25, -0.2) is 0 Å². The van der Waals surface area contributed by atoms with Crippen molar-refractivity contribution in [3.8, 4) is 0 Å². The van der Waals surface area contributed by atoms with Gasteiger partial charge in [-0.3, -0.25) is 10.1 Å². The van der Waals surface area contributed by atoms with E-state index in [9.17, 15) is 20.0 Å². The van der Waals surface area contributed by atoms with E-state index in [4.69, 9.17) is 11.6 Å². The van der Waals surface area contributed by atoms with Crippen molar-refractivity contribution in [2.75, 3.05) is 5.75 Å². The van der Waals surface area contributed by atoms with Crippen molar-refractivity contribution in [2.24, 2.45) is 0 Å². The van der Waals surface area contributed by atoms with Gasteiger partial charge in [0.15, 0.2) is 0 Å². The van der Waals surface area contributed by atoms with Crippen molar-refractivity contribution in [3.05, 3.63) is 33.3 Å². The minimum absolute atomic E-state index is 0.127. The molecule has 0 aliphatic rings. The van der Waals surface area contributed by atoms with Crippen molar-refractivity contribution in [1.29, 1.82) is 0 Å². The fourth-order valence-corrected chi connectivity index (χ4v) is 1.83. The average molecular weight is 247 g/mol. The molecule has 0 unspecified atom stereocenters. The van der Waals surface area contributed by atoms with Gasteiger partial charge in [0.1, 0.15) is 0 Å². The number of hydrogen-bond donors (Lipinski definition) is 0. The maximum absolute atomic E-state index is 10.4. The molecule has 0 fully saturated rings. The topological polar surface area (TPSA) is 83.3 Å². The molecule has 0 aliphatic heterocycles. The molecule has 0 amide bonds. The Labute approximate surface area is 94.2 Å². The summed E-state index contributed by atoms with van der Waals surface area (Å²) in [4.78, 5) is 20.5. The average Bonchev–Trinajstić information content (AvgIpc) is 2.15. The number of carbonyl (C=O) groups is 1. The molecule has 0 heterocycles. The van der Waals surface area contributed by atoms with Crippen LogP contribution in [0.15, 0.2) is 23.1 Å². The smallest absolute Gasteiger partial charge is 0.270 e. The molecule has 7 heteroatoms. The second-order valence-corrected chi connectivity index (χ2v) is 3.96. The van der Waals surface area contributed by atoms with Crippen LogP contribution in [-0.4, -0.2) is 16.6 Å². The number of aliphatic carboxylic acids is 1. The quantitative estimate of drug-likeness (QED) is 0.451. The molecule has 0 saturated heterocycles. The van der Waals surface area contributed by atoms with Crippen LogP contribution in [0.25, 0.3) is 0 Å². The predicted octanol–water partition coefficient (Wildman–Crippen LogP) is 1.09. The highest BCUT2D eigenvalue weighted by Crippen LogP contribution is 2.30. The van der Waals surface area contributed by atoms with Crippen molar-refractivity contribution in [3.63, 3.8) is 0 Å². The second-order valence-electron chi connectivity index (χ2n) is 2.53. The lowest BCUT2D eigenvalue weighted by atomic mass is 10.3. The highest BCUT2D eigenvalue weighted by atomic mass is 35.5. The Morgan fingerprint density at radius 3 is 2.67 bits per heavy atom. The van der Waals surface area contributed by atoms with E-state index >= 15 is 0 Å². The van der Waals surface area contributed by atoms with Crippen molar-refractivity contribution in [2.45, 2.75) is 4.90 Å². The zero-order chi connectivity index (χ0) is 11.4. The van der Waals surface area contributed by atoms with Crippen LogP contribution in [-0.2, 0) is 4.79 Å². The molecule has 0 atom stereocenters. The van der Waals surface area contributed by atoms with Crippen LogP contribution in [0.4, 0.5) is 5.69 Å². The van der Waals surface area contributed by atoms with Crippen molar-refractivity contribution >= 4 is 35.0 Å². The Hall–Kier alpha value is -1.27. The number of carboxylic acids is 1. The zero-order valence-corrected chi connectivity index (χ0v) is 8.88. The fourth-order valence-electron chi connectivity index (χ4n) is 0.857. The lowest BCUT2D eigenvalue weighted by Crippen LogP contribution is -2.24. The number of halogens is 1. The standard InChI is InChI=1S/C8H6ClNO4S/c9-6-3-5(10(13)14)1-2-7(6)15-4-8(11)12/h1-3H,4H2,(H,11,12)/p-1. The van der Waals surface area contributed by atoms with Crippen LogP contribution in [0.1, 0.15) is 0 Å². The molecule has 0 N–H and O–H groups in total. The summed E-state index contributed by atoms with van der Waals surface area (Å²) < 4.78 is 0. The molecule has 1 aromatic rings. The number of nitro benzene ring substituents is 1. The minimum Gasteiger partial charge on any atom is -0.549 e. The Bertz CT molecular complexity index is 410. The molecule has 0 saturated carbocycles. The molecule has 0 spiro atoms. The predicted molar refractivity (Wildman–Crippen MR) is 53.8 cm³/mol. The van der Waals surface area contributed by atoms with Crippen LogP contribution in [0.3, 0.4) is 0 Å². The van der Waals surface area contributed by atoms with Crippen molar-refractivity contribution < 1.29 is 14.8 Å². The van der Waals surface area contributed by atoms with Gasteiger partial charge in [-0.05, 0) is 6.07 Å². The number of carboxylic acid groups (broad SMARTS) is 1. The van der Waals surface area contributed by atoms with E-state index in [1.165, 1.54) is 18.2 Å². The first kappa shape index (κ1) is 11.8. The van der Waals surface area contributed by atoms with Gasteiger partial charge in [-0.15, -0.1) is 11.8 Å². The molecule has 0 aromatic heterocycles. The summed E-state index contributed by atoms with van der Waals surface area (Å²) in [6.07, 6.45) is 0. The van der Waals surface area contributed by atoms with Gasteiger partial charge >= 0.3 is 0 Å². The number of carbonyl (C=O) groups excluding carboxylic acids is 1. The highest BCUT2D eigenvalue weighted by molar-refractivity contribution is 8.00. The zero-order valence-electron chi connectivity index (χ0n) is 7.31. The molecule has 0 radical (unpaired) electrons. The van der Waals surface area contributed by atoms with Gasteiger partial charge in [0.2, 0.25) is 0 Å². The minimum atomic E-state index is -1.21. The number of benzene rings is 1. The van der Waals surface area contributed by atoms with Gasteiger partial charge < -0.3 is 9.90 Å². The number of non-ortho nitro benzene ring substituents is 1. The van der Waals surface area contributed by atoms with Gasteiger partial charge in [-0.1, -0.05) is 11.6 Å². The van der Waals surface area contributed by atoms with Gasteiger partial charge in [0.25, 0.3) is 5.69 Å². The van der Waals surface area contributed by atoms with Gasteiger partial charge in [0, 0.05) is 22.8 Å². The number of rotatable bonds is 4. The van der Waals surface area contributed by atoms with E-state index in [0.29, 0.717) is 4.90 Å². The normalized spacial score (nSPS) is 9.93. The summed E-state index contributed by atoms with van der Waals surface area (Å²) in [5.41, 5.74) is -0.127. The maximum Gasteiger partial charge on any atom is 0.270 e. The Balaban J connectivity index is 2.83. The largest absolute Gasteiger partial charge is 0.549 e. The van der Waals surface area contributed by atoms with E-state index < -0.39 is 10.9 Å². The lowest BCUT2D eigenvalue weighted by molar-refractivity contribution is -0.384. The summed E-state index contributed by atoms with van der Waals surface area (Å²) >= 11 is 6.68. The molecule has 15 heavy (non-hydrogen) atoms. The monoisotopic (exact) mass is 246 g/mol. The summed E-state index contributed by atoms with van der Waals surface area (Å²) in [5.74, 6) is -1.45. The van der Waals surface area contributed by atoms with E-state index in [0.717, 1.165) is 11.8 Å². The molecular weight excluding hydrogens is 242 g/mol. The summed E-state index contributed by atoms with van der Waals surface area (Å²) in [5, 5.41) is 20.7. The number of nitro groups is 1. The third-order valence-electron chi connectivity index (χ3n) is 1.47. The summed E-state index contributed by atoms with van der Waals surface area (Å²) in [6.45, 7) is 0. The SMILES string of the molecule is O=C([O-])CSc1ccc([N+](=O)[O-])cc1Cl. The van der Waals surface area contributed by atoms with Crippen LogP contribution >= 0.6 is 23.4 Å². The fraction of sp³-hybridized carbons (Fsp3) is 0.125. The molecule has 1 rings (SSSR count). The summed E-state index contributed by atoms with van der Waals surface area (Å²) in [6, 6.07) is 3.86. The third kappa shape index (κ3) is 3.41. The molecule has 0 bridgehead atoms. The van der Waals surface area contributed by atoms with Gasteiger partial charge in [-0.2, -0.15) is 0 Å². The molecule has 1 aromatic carbocycles.